The van der Waals surface area contributed by atoms with Gasteiger partial charge in [0, 0.05) is 62.1 Å². The second kappa shape index (κ2) is 15.5. The number of hydroxylamine groups is 1. The van der Waals surface area contributed by atoms with Gasteiger partial charge in [-0.3, -0.25) is 9.59 Å². The van der Waals surface area contributed by atoms with Gasteiger partial charge in [0.05, 0.1) is 5.69 Å². The monoisotopic (exact) mass is 654 g/mol. The molecule has 2 aliphatic heterocycles. The van der Waals surface area contributed by atoms with Crippen LogP contribution < -0.4 is 15.7 Å². The van der Waals surface area contributed by atoms with Crippen molar-refractivity contribution in [3.8, 4) is 11.1 Å². The maximum Gasteiger partial charge on any atom is 0.410 e. The molecule has 0 aliphatic carbocycles. The van der Waals surface area contributed by atoms with Gasteiger partial charge in [0.2, 0.25) is 0 Å². The summed E-state index contributed by atoms with van der Waals surface area (Å²) >= 11 is 0. The van der Waals surface area contributed by atoms with E-state index in [1.807, 2.05) is 95.3 Å². The average molecular weight is 655 g/mol. The van der Waals surface area contributed by atoms with E-state index in [0.29, 0.717) is 44.0 Å². The zero-order valence-corrected chi connectivity index (χ0v) is 28.5. The molecule has 0 radical (unpaired) electrons. The number of anilines is 2. The van der Waals surface area contributed by atoms with Crippen molar-refractivity contribution in [2.75, 3.05) is 43.0 Å². The summed E-state index contributed by atoms with van der Waals surface area (Å²) in [7, 11) is 0. The highest BCUT2D eigenvalue weighted by atomic mass is 16.8. The predicted molar refractivity (Wildman–Crippen MR) is 188 cm³/mol. The van der Waals surface area contributed by atoms with E-state index < -0.39 is 11.9 Å². The molecule has 1 unspecified atom stereocenters. The lowest BCUT2D eigenvalue weighted by atomic mass is 9.96. The first kappa shape index (κ1) is 34.7. The van der Waals surface area contributed by atoms with Crippen molar-refractivity contribution in [1.82, 2.24) is 10.4 Å². The van der Waals surface area contributed by atoms with Gasteiger partial charge >= 0.3 is 6.09 Å². The minimum atomic E-state index is -0.547. The lowest BCUT2D eigenvalue weighted by Gasteiger charge is -2.37. The number of hydrogen-bond acceptors (Lipinski definition) is 7. The van der Waals surface area contributed by atoms with Crippen LogP contribution in [0.15, 0.2) is 66.7 Å². The van der Waals surface area contributed by atoms with Gasteiger partial charge in [-0.25, -0.2) is 15.1 Å². The Morgan fingerprint density at radius 1 is 0.896 bits per heavy atom. The third-order valence-electron chi connectivity index (χ3n) is 8.26. The first-order chi connectivity index (χ1) is 22.9. The van der Waals surface area contributed by atoms with Gasteiger partial charge in [-0.2, -0.15) is 0 Å². The van der Waals surface area contributed by atoms with E-state index in [-0.39, 0.29) is 17.9 Å². The standard InChI is InChI=1S/C38H46N4O6/c1-26-9-13-29(14-10-26)36(44)39-33-25-30(41-19-21-42(22-20-41)37(45)47-38(3,4)5)15-17-32(33)31-16-11-28(24-27(31)2)12-18-34(43)40-48-35-8-6-7-23-46-35/h9-18,24-25,35H,6-8,19-23H2,1-5H3,(H,39,44)(H,40,43)/b18-12+. The van der Waals surface area contributed by atoms with Crippen LogP contribution in [0.4, 0.5) is 16.2 Å². The summed E-state index contributed by atoms with van der Waals surface area (Å²) in [5.74, 6) is -0.568. The lowest BCUT2D eigenvalue weighted by Crippen LogP contribution is -2.50. The molecule has 2 heterocycles. The molecule has 0 spiro atoms. The molecule has 1 atom stereocenters. The quantitative estimate of drug-likeness (QED) is 0.202. The molecular weight excluding hydrogens is 608 g/mol. The number of carbonyl (C=O) groups excluding carboxylic acids is 3. The lowest BCUT2D eigenvalue weighted by molar-refractivity contribution is -0.198. The van der Waals surface area contributed by atoms with E-state index in [4.69, 9.17) is 14.3 Å². The van der Waals surface area contributed by atoms with Crippen LogP contribution in [0.3, 0.4) is 0 Å². The van der Waals surface area contributed by atoms with Crippen LogP contribution in [0.2, 0.25) is 0 Å². The smallest absolute Gasteiger partial charge is 0.410 e. The Morgan fingerprint density at radius 3 is 2.29 bits per heavy atom. The van der Waals surface area contributed by atoms with Crippen molar-refractivity contribution >= 4 is 35.4 Å². The van der Waals surface area contributed by atoms with Crippen molar-refractivity contribution in [3.63, 3.8) is 0 Å². The van der Waals surface area contributed by atoms with Crippen molar-refractivity contribution in [2.24, 2.45) is 0 Å². The van der Waals surface area contributed by atoms with E-state index in [2.05, 4.69) is 15.7 Å². The van der Waals surface area contributed by atoms with Crippen molar-refractivity contribution in [1.29, 1.82) is 0 Å². The summed E-state index contributed by atoms with van der Waals surface area (Å²) in [6.07, 6.45) is 5.22. The molecule has 0 bridgehead atoms. The average Bonchev–Trinajstić information content (AvgIpc) is 3.06. The zero-order chi connectivity index (χ0) is 34.3. The first-order valence-corrected chi connectivity index (χ1v) is 16.6. The second-order valence-corrected chi connectivity index (χ2v) is 13.3. The Labute approximate surface area is 283 Å². The van der Waals surface area contributed by atoms with Gasteiger partial charge in [-0.1, -0.05) is 42.0 Å². The van der Waals surface area contributed by atoms with Gasteiger partial charge in [0.1, 0.15) is 5.60 Å². The SMILES string of the molecule is Cc1ccc(C(=O)Nc2cc(N3CCN(C(=O)OC(C)(C)C)CC3)ccc2-c2ccc(/C=C/C(=O)NOC3CCCCO3)cc2C)cc1. The fourth-order valence-electron chi connectivity index (χ4n) is 5.67. The molecule has 10 heteroatoms. The minimum absolute atomic E-state index is 0.202. The Hall–Kier alpha value is -4.67. The van der Waals surface area contributed by atoms with Crippen LogP contribution in [0.1, 0.15) is 67.1 Å². The number of amides is 3. The summed E-state index contributed by atoms with van der Waals surface area (Å²) in [6.45, 7) is 12.6. The molecule has 2 fully saturated rings. The molecule has 3 aromatic carbocycles. The number of piperazine rings is 1. The van der Waals surface area contributed by atoms with Crippen LogP contribution in [0, 0.1) is 13.8 Å². The second-order valence-electron chi connectivity index (χ2n) is 13.3. The van der Waals surface area contributed by atoms with Crippen LogP contribution in [-0.4, -0.2) is 67.5 Å². The summed E-state index contributed by atoms with van der Waals surface area (Å²) in [5, 5.41) is 3.16. The Morgan fingerprint density at radius 2 is 1.62 bits per heavy atom. The molecule has 3 amide bonds. The first-order valence-electron chi connectivity index (χ1n) is 16.6. The van der Waals surface area contributed by atoms with Crippen LogP contribution in [0.5, 0.6) is 0 Å². The zero-order valence-electron chi connectivity index (χ0n) is 28.5. The van der Waals surface area contributed by atoms with Gasteiger partial charge in [-0.15, -0.1) is 0 Å². The number of nitrogens with one attached hydrogen (secondary N) is 2. The van der Waals surface area contributed by atoms with Gasteiger partial charge in [0.25, 0.3) is 11.8 Å². The molecule has 5 rings (SSSR count). The van der Waals surface area contributed by atoms with Gasteiger partial charge in [-0.05, 0) is 94.5 Å². The number of rotatable bonds is 8. The normalized spacial score (nSPS) is 16.9. The predicted octanol–water partition coefficient (Wildman–Crippen LogP) is 6.87. The summed E-state index contributed by atoms with van der Waals surface area (Å²) in [6, 6.07) is 19.5. The van der Waals surface area contributed by atoms with Crippen LogP contribution in [0.25, 0.3) is 17.2 Å². The number of benzene rings is 3. The Bertz CT molecular complexity index is 1630. The molecule has 254 valence electrons. The maximum absolute atomic E-state index is 13.4. The topological polar surface area (TPSA) is 109 Å². The number of nitrogens with zero attached hydrogens (tertiary/aromatic N) is 2. The summed E-state index contributed by atoms with van der Waals surface area (Å²) < 4.78 is 11.0. The Kier molecular flexibility index (Phi) is 11.2. The molecule has 10 nitrogen and oxygen atoms in total. The summed E-state index contributed by atoms with van der Waals surface area (Å²) in [5.41, 5.74) is 8.83. The van der Waals surface area contributed by atoms with Crippen molar-refractivity contribution in [3.05, 3.63) is 89.0 Å². The molecule has 48 heavy (non-hydrogen) atoms. The van der Waals surface area contributed by atoms with E-state index in [1.165, 1.54) is 6.08 Å². The minimum Gasteiger partial charge on any atom is -0.444 e. The molecule has 2 N–H and O–H groups in total. The molecule has 2 saturated heterocycles. The highest BCUT2D eigenvalue weighted by molar-refractivity contribution is 6.07. The van der Waals surface area contributed by atoms with Gasteiger partial charge < -0.3 is 24.6 Å². The third-order valence-corrected chi connectivity index (χ3v) is 8.26. The molecule has 0 saturated carbocycles. The van der Waals surface area contributed by atoms with Crippen LogP contribution in [-0.2, 0) is 19.1 Å². The third kappa shape index (κ3) is 9.45. The number of aryl methyl sites for hydroxylation is 2. The highest BCUT2D eigenvalue weighted by Crippen LogP contribution is 2.35. The molecule has 3 aromatic rings. The Balaban J connectivity index is 1.33. The van der Waals surface area contributed by atoms with E-state index >= 15 is 0 Å². The van der Waals surface area contributed by atoms with Crippen LogP contribution >= 0.6 is 0 Å². The van der Waals surface area contributed by atoms with Gasteiger partial charge in [0.15, 0.2) is 6.29 Å². The molecular formula is C38H46N4O6. The summed E-state index contributed by atoms with van der Waals surface area (Å²) in [4.78, 5) is 47.7. The fourth-order valence-corrected chi connectivity index (χ4v) is 5.67. The fraction of sp³-hybridized carbons (Fsp3) is 0.395. The number of hydrogen-bond donors (Lipinski definition) is 2. The highest BCUT2D eigenvalue weighted by Gasteiger charge is 2.26. The van der Waals surface area contributed by atoms with Crippen molar-refractivity contribution < 1.29 is 28.7 Å². The van der Waals surface area contributed by atoms with E-state index in [9.17, 15) is 14.4 Å². The van der Waals surface area contributed by atoms with E-state index in [0.717, 1.165) is 52.8 Å². The van der Waals surface area contributed by atoms with E-state index in [1.54, 1.807) is 11.0 Å². The number of ether oxygens (including phenoxy) is 2. The largest absolute Gasteiger partial charge is 0.444 e. The molecule has 2 aliphatic rings. The van der Waals surface area contributed by atoms with Crippen molar-refractivity contribution in [2.45, 2.75) is 65.8 Å². The number of carbonyl (C=O) groups is 3. The maximum atomic E-state index is 13.4. The molecule has 0 aromatic heterocycles.